The van der Waals surface area contributed by atoms with Crippen LogP contribution in [0.25, 0.3) is 0 Å². The zero-order valence-electron chi connectivity index (χ0n) is 9.66. The molecule has 0 unspecified atom stereocenters. The predicted octanol–water partition coefficient (Wildman–Crippen LogP) is 1.24. The zero-order chi connectivity index (χ0) is 12.1. The molecule has 0 aliphatic carbocycles. The van der Waals surface area contributed by atoms with Crippen molar-refractivity contribution < 1.29 is 4.74 Å². The van der Waals surface area contributed by atoms with Crippen molar-refractivity contribution in [3.8, 4) is 5.75 Å². The van der Waals surface area contributed by atoms with E-state index in [0.29, 0.717) is 28.4 Å². The van der Waals surface area contributed by atoms with Gasteiger partial charge in [0.15, 0.2) is 5.75 Å². The summed E-state index contributed by atoms with van der Waals surface area (Å²) in [5.74, 6) is 0.512. The van der Waals surface area contributed by atoms with Gasteiger partial charge in [-0.1, -0.05) is 6.07 Å². The molecule has 16 heavy (non-hydrogen) atoms. The lowest BCUT2D eigenvalue weighted by atomic mass is 10.0. The van der Waals surface area contributed by atoms with Crippen LogP contribution in [-0.4, -0.2) is 25.6 Å². The number of hydrazone groups is 1. The molecule has 5 heteroatoms. The highest BCUT2D eigenvalue weighted by Gasteiger charge is 2.13. The largest absolute Gasteiger partial charge is 0.494 e. The Morgan fingerprint density at radius 3 is 2.75 bits per heavy atom. The van der Waals surface area contributed by atoms with Crippen LogP contribution in [0, 0.1) is 5.41 Å². The molecule has 4 N–H and O–H groups in total. The van der Waals surface area contributed by atoms with E-state index in [1.165, 1.54) is 7.11 Å². The standard InChI is InChI=1S/C11H16N4O/c1-7(15-14-2)10(13)8-5-4-6-9(12)11(8)16-3/h4-6,13-14H,12H2,1-3H3/b13-10?,15-7-. The van der Waals surface area contributed by atoms with Gasteiger partial charge in [-0.3, -0.25) is 5.41 Å². The molecule has 0 heterocycles. The lowest BCUT2D eigenvalue weighted by Crippen LogP contribution is -2.15. The lowest BCUT2D eigenvalue weighted by molar-refractivity contribution is 0.416. The number of nitrogen functional groups attached to an aromatic ring is 1. The van der Waals surface area contributed by atoms with Gasteiger partial charge in [0, 0.05) is 12.6 Å². The van der Waals surface area contributed by atoms with Crippen LogP contribution in [0.15, 0.2) is 23.3 Å². The number of methoxy groups -OCH3 is 1. The Labute approximate surface area is 94.8 Å². The minimum Gasteiger partial charge on any atom is -0.494 e. The smallest absolute Gasteiger partial charge is 0.151 e. The molecule has 0 radical (unpaired) electrons. The van der Waals surface area contributed by atoms with Crippen LogP contribution in [0.3, 0.4) is 0 Å². The summed E-state index contributed by atoms with van der Waals surface area (Å²) < 4.78 is 5.18. The average Bonchev–Trinajstić information content (AvgIpc) is 2.28. The van der Waals surface area contributed by atoms with Crippen molar-refractivity contribution in [2.45, 2.75) is 6.92 Å². The van der Waals surface area contributed by atoms with Gasteiger partial charge in [-0.25, -0.2) is 0 Å². The number of hydrogen-bond acceptors (Lipinski definition) is 5. The van der Waals surface area contributed by atoms with E-state index in [-0.39, 0.29) is 0 Å². The van der Waals surface area contributed by atoms with Crippen molar-refractivity contribution >= 4 is 17.1 Å². The molecule has 0 atom stereocenters. The molecule has 1 aromatic rings. The van der Waals surface area contributed by atoms with Crippen LogP contribution in [-0.2, 0) is 0 Å². The van der Waals surface area contributed by atoms with Crippen LogP contribution >= 0.6 is 0 Å². The number of hydrogen-bond donors (Lipinski definition) is 3. The molecule has 0 spiro atoms. The quantitative estimate of drug-likeness (QED) is 0.405. The maximum Gasteiger partial charge on any atom is 0.151 e. The molecule has 86 valence electrons. The molecule has 5 nitrogen and oxygen atoms in total. The van der Waals surface area contributed by atoms with Gasteiger partial charge in [0.1, 0.15) is 0 Å². The summed E-state index contributed by atoms with van der Waals surface area (Å²) in [7, 11) is 3.22. The summed E-state index contributed by atoms with van der Waals surface area (Å²) in [4.78, 5) is 0. The summed E-state index contributed by atoms with van der Waals surface area (Å²) in [5, 5.41) is 11.9. The van der Waals surface area contributed by atoms with Crippen molar-refractivity contribution in [2.24, 2.45) is 5.10 Å². The van der Waals surface area contributed by atoms with E-state index < -0.39 is 0 Å². The molecular formula is C11H16N4O. The molecule has 0 amide bonds. The number of rotatable bonds is 4. The van der Waals surface area contributed by atoms with E-state index in [9.17, 15) is 0 Å². The number of nitrogens with one attached hydrogen (secondary N) is 2. The Hall–Kier alpha value is -2.04. The number of nitrogens with zero attached hydrogens (tertiary/aromatic N) is 1. The summed E-state index contributed by atoms with van der Waals surface area (Å²) in [5.41, 5.74) is 10.4. The number of anilines is 1. The Balaban J connectivity index is 3.18. The molecule has 0 aromatic heterocycles. The number of benzene rings is 1. The first-order valence-corrected chi connectivity index (χ1v) is 4.84. The van der Waals surface area contributed by atoms with Crippen LogP contribution in [0.4, 0.5) is 5.69 Å². The number of ether oxygens (including phenoxy) is 1. The van der Waals surface area contributed by atoms with E-state index in [1.54, 1.807) is 32.2 Å². The van der Waals surface area contributed by atoms with Crippen molar-refractivity contribution in [3.63, 3.8) is 0 Å². The van der Waals surface area contributed by atoms with Gasteiger partial charge in [0.05, 0.1) is 24.2 Å². The van der Waals surface area contributed by atoms with E-state index in [1.807, 2.05) is 0 Å². The Kier molecular flexibility index (Phi) is 3.88. The molecule has 1 aromatic carbocycles. The van der Waals surface area contributed by atoms with Crippen molar-refractivity contribution in [3.05, 3.63) is 23.8 Å². The van der Waals surface area contributed by atoms with Gasteiger partial charge in [-0.05, 0) is 19.1 Å². The second-order valence-electron chi connectivity index (χ2n) is 3.22. The number of para-hydroxylation sites is 1. The van der Waals surface area contributed by atoms with E-state index in [2.05, 4.69) is 10.5 Å². The monoisotopic (exact) mass is 220 g/mol. The highest BCUT2D eigenvalue weighted by atomic mass is 16.5. The maximum atomic E-state index is 7.97. The summed E-state index contributed by atoms with van der Waals surface area (Å²) in [6, 6.07) is 5.31. The Morgan fingerprint density at radius 1 is 1.50 bits per heavy atom. The van der Waals surface area contributed by atoms with Gasteiger partial charge in [-0.15, -0.1) is 0 Å². The average molecular weight is 220 g/mol. The molecule has 0 aliphatic heterocycles. The van der Waals surface area contributed by atoms with Gasteiger partial charge >= 0.3 is 0 Å². The fourth-order valence-electron chi connectivity index (χ4n) is 1.40. The van der Waals surface area contributed by atoms with Crippen molar-refractivity contribution in [1.82, 2.24) is 5.43 Å². The molecule has 0 aliphatic rings. The van der Waals surface area contributed by atoms with E-state index in [0.717, 1.165) is 0 Å². The first-order chi connectivity index (χ1) is 7.61. The maximum absolute atomic E-state index is 7.97. The predicted molar refractivity (Wildman–Crippen MR) is 66.4 cm³/mol. The highest BCUT2D eigenvalue weighted by Crippen LogP contribution is 2.26. The van der Waals surface area contributed by atoms with Crippen LogP contribution in [0.5, 0.6) is 5.75 Å². The minimum atomic E-state index is 0.290. The first-order valence-electron chi connectivity index (χ1n) is 4.84. The molecule has 0 bridgehead atoms. The van der Waals surface area contributed by atoms with Crippen LogP contribution in [0.2, 0.25) is 0 Å². The first kappa shape index (κ1) is 12.0. The number of nitrogens with two attached hydrogens (primary N) is 1. The van der Waals surface area contributed by atoms with E-state index >= 15 is 0 Å². The van der Waals surface area contributed by atoms with Crippen LogP contribution < -0.4 is 15.9 Å². The van der Waals surface area contributed by atoms with Crippen LogP contribution in [0.1, 0.15) is 12.5 Å². The van der Waals surface area contributed by atoms with Gasteiger partial charge < -0.3 is 15.9 Å². The molecule has 1 rings (SSSR count). The SMILES string of the molecule is CN/N=C(/C)C(=N)c1cccc(N)c1OC. The Bertz CT molecular complexity index is 426. The van der Waals surface area contributed by atoms with Crippen molar-refractivity contribution in [2.75, 3.05) is 19.9 Å². The minimum absolute atomic E-state index is 0.290. The third kappa shape index (κ3) is 2.31. The third-order valence-electron chi connectivity index (χ3n) is 2.16. The normalized spacial score (nSPS) is 11.1. The third-order valence-corrected chi connectivity index (χ3v) is 2.16. The summed E-state index contributed by atoms with van der Waals surface area (Å²) in [6.45, 7) is 1.75. The lowest BCUT2D eigenvalue weighted by Gasteiger charge is -2.11. The molecular weight excluding hydrogens is 204 g/mol. The summed E-state index contributed by atoms with van der Waals surface area (Å²) >= 11 is 0. The van der Waals surface area contributed by atoms with Gasteiger partial charge in [0.2, 0.25) is 0 Å². The zero-order valence-corrected chi connectivity index (χ0v) is 9.66. The van der Waals surface area contributed by atoms with Gasteiger partial charge in [0.25, 0.3) is 0 Å². The van der Waals surface area contributed by atoms with E-state index in [4.69, 9.17) is 15.9 Å². The fourth-order valence-corrected chi connectivity index (χ4v) is 1.40. The highest BCUT2D eigenvalue weighted by molar-refractivity contribution is 6.47. The van der Waals surface area contributed by atoms with Crippen molar-refractivity contribution in [1.29, 1.82) is 5.41 Å². The fraction of sp³-hybridized carbons (Fsp3) is 0.273. The summed E-state index contributed by atoms with van der Waals surface area (Å²) in [6.07, 6.45) is 0. The topological polar surface area (TPSA) is 83.5 Å². The Morgan fingerprint density at radius 2 is 2.19 bits per heavy atom. The molecule has 0 saturated heterocycles. The second-order valence-corrected chi connectivity index (χ2v) is 3.22. The van der Waals surface area contributed by atoms with Gasteiger partial charge in [-0.2, -0.15) is 5.10 Å². The molecule has 0 fully saturated rings. The second kappa shape index (κ2) is 5.16. The molecule has 0 saturated carbocycles.